The fourth-order valence-corrected chi connectivity index (χ4v) is 3.14. The molecule has 4 heterocycles. The van der Waals surface area contributed by atoms with E-state index in [1.165, 1.54) is 0 Å². The van der Waals surface area contributed by atoms with Crippen molar-refractivity contribution in [3.8, 4) is 0 Å². The predicted molar refractivity (Wildman–Crippen MR) is 97.7 cm³/mol. The lowest BCUT2D eigenvalue weighted by Crippen LogP contribution is -2.46. The van der Waals surface area contributed by atoms with Gasteiger partial charge in [0.1, 0.15) is 22.5 Å². The number of halogens is 2. The van der Waals surface area contributed by atoms with Crippen LogP contribution in [0.3, 0.4) is 0 Å². The summed E-state index contributed by atoms with van der Waals surface area (Å²) in [6.07, 6.45) is 3.02. The molecule has 0 saturated carbocycles. The van der Waals surface area contributed by atoms with E-state index in [2.05, 4.69) is 41.2 Å². The number of rotatable bonds is 5. The van der Waals surface area contributed by atoms with E-state index in [0.29, 0.717) is 47.5 Å². The molecule has 1 aliphatic rings. The Morgan fingerprint density at radius 2 is 2.31 bits per heavy atom. The Hall–Kier alpha value is -2.46. The highest BCUT2D eigenvalue weighted by Gasteiger charge is 2.26. The third-order valence-electron chi connectivity index (χ3n) is 4.30. The largest absolute Gasteiger partial charge is 0.362 e. The normalized spacial score (nSPS) is 20.4. The molecule has 4 N–H and O–H groups in total. The standard InChI is InChI=1S/C15H19ClFN9/c1-2-26-7-8(5-19-26)20-15-22-13(11-12(16)24-25-14(11)23-15)21-10-6-18-4-3-9(10)17/h5,7,9-10,18H,2-4,6H2,1H3,(H3,20,21,22,23,24,25)/t9-,10+/m1/s1. The number of H-pyrrole nitrogens is 1. The molecule has 4 rings (SSSR count). The van der Waals surface area contributed by atoms with E-state index in [1.807, 2.05) is 13.1 Å². The zero-order valence-electron chi connectivity index (χ0n) is 14.1. The lowest BCUT2D eigenvalue weighted by molar-refractivity contribution is 0.241. The van der Waals surface area contributed by atoms with Gasteiger partial charge in [-0.25, -0.2) is 4.39 Å². The van der Waals surface area contributed by atoms with Crippen LogP contribution in [0.25, 0.3) is 11.0 Å². The zero-order chi connectivity index (χ0) is 18.1. The van der Waals surface area contributed by atoms with E-state index in [-0.39, 0.29) is 0 Å². The van der Waals surface area contributed by atoms with Gasteiger partial charge in [-0.1, -0.05) is 11.6 Å². The number of nitrogens with one attached hydrogen (secondary N) is 4. The average molecular weight is 380 g/mol. The van der Waals surface area contributed by atoms with Gasteiger partial charge < -0.3 is 16.0 Å². The summed E-state index contributed by atoms with van der Waals surface area (Å²) in [7, 11) is 0. The van der Waals surface area contributed by atoms with Crippen molar-refractivity contribution in [3.63, 3.8) is 0 Å². The summed E-state index contributed by atoms with van der Waals surface area (Å²) in [4.78, 5) is 8.85. The molecule has 11 heteroatoms. The van der Waals surface area contributed by atoms with Gasteiger partial charge in [0.05, 0.1) is 17.9 Å². The molecule has 1 fully saturated rings. The monoisotopic (exact) mass is 379 g/mol. The minimum atomic E-state index is -0.967. The molecule has 3 aromatic heterocycles. The van der Waals surface area contributed by atoms with Crippen LogP contribution in [0.4, 0.5) is 21.8 Å². The molecule has 0 bridgehead atoms. The molecule has 0 aromatic carbocycles. The van der Waals surface area contributed by atoms with Crippen LogP contribution >= 0.6 is 11.6 Å². The SMILES string of the molecule is CCn1cc(Nc2nc(N[C@H]3CNCC[C@H]3F)c3c(Cl)[nH]nc3n2)cn1. The van der Waals surface area contributed by atoms with Crippen LogP contribution in [0.15, 0.2) is 12.4 Å². The van der Waals surface area contributed by atoms with E-state index in [1.54, 1.807) is 10.9 Å². The summed E-state index contributed by atoms with van der Waals surface area (Å²) in [6, 6.07) is -0.400. The number of fused-ring (bicyclic) bond motifs is 1. The number of piperidine rings is 1. The van der Waals surface area contributed by atoms with Crippen molar-refractivity contribution in [3.05, 3.63) is 17.5 Å². The number of aryl methyl sites for hydroxylation is 1. The van der Waals surface area contributed by atoms with Gasteiger partial charge in [0.25, 0.3) is 0 Å². The Labute approximate surface area is 153 Å². The first kappa shape index (κ1) is 17.0. The average Bonchev–Trinajstić information content (AvgIpc) is 3.24. The molecule has 3 aromatic rings. The molecule has 0 radical (unpaired) electrons. The number of anilines is 3. The summed E-state index contributed by atoms with van der Waals surface area (Å²) in [5.41, 5.74) is 1.15. The maximum atomic E-state index is 14.2. The Morgan fingerprint density at radius 3 is 3.08 bits per heavy atom. The van der Waals surface area contributed by atoms with Gasteiger partial charge in [-0.3, -0.25) is 9.78 Å². The Kier molecular flexibility index (Phi) is 4.60. The first-order chi connectivity index (χ1) is 12.6. The first-order valence-electron chi connectivity index (χ1n) is 8.46. The van der Waals surface area contributed by atoms with Gasteiger partial charge >= 0.3 is 0 Å². The van der Waals surface area contributed by atoms with Crippen molar-refractivity contribution in [2.75, 3.05) is 23.7 Å². The van der Waals surface area contributed by atoms with E-state index in [9.17, 15) is 4.39 Å². The molecular formula is C15H19ClFN9. The van der Waals surface area contributed by atoms with E-state index in [0.717, 1.165) is 12.2 Å². The van der Waals surface area contributed by atoms with Crippen molar-refractivity contribution in [1.82, 2.24) is 35.3 Å². The predicted octanol–water partition coefficient (Wildman–Crippen LogP) is 2.08. The maximum Gasteiger partial charge on any atom is 0.231 e. The van der Waals surface area contributed by atoms with Crippen LogP contribution in [0, 0.1) is 0 Å². The number of hydrogen-bond donors (Lipinski definition) is 4. The molecule has 2 atom stereocenters. The second-order valence-corrected chi connectivity index (χ2v) is 6.48. The third-order valence-corrected chi connectivity index (χ3v) is 4.58. The second kappa shape index (κ2) is 7.04. The molecule has 9 nitrogen and oxygen atoms in total. The van der Waals surface area contributed by atoms with Gasteiger partial charge in [0, 0.05) is 19.3 Å². The smallest absolute Gasteiger partial charge is 0.231 e. The topological polar surface area (TPSA) is 108 Å². The maximum absolute atomic E-state index is 14.2. The Bertz CT molecular complexity index is 908. The number of nitrogens with zero attached hydrogens (tertiary/aromatic N) is 5. The minimum Gasteiger partial charge on any atom is -0.362 e. The Morgan fingerprint density at radius 1 is 1.42 bits per heavy atom. The van der Waals surface area contributed by atoms with Crippen LogP contribution < -0.4 is 16.0 Å². The van der Waals surface area contributed by atoms with Crippen LogP contribution in [-0.2, 0) is 6.54 Å². The first-order valence-corrected chi connectivity index (χ1v) is 8.84. The fraction of sp³-hybridized carbons (Fsp3) is 0.467. The molecule has 138 valence electrons. The van der Waals surface area contributed by atoms with Gasteiger partial charge in [0.15, 0.2) is 5.65 Å². The summed E-state index contributed by atoms with van der Waals surface area (Å²) in [5.74, 6) is 0.772. The van der Waals surface area contributed by atoms with Crippen LogP contribution in [0.5, 0.6) is 0 Å². The highest BCUT2D eigenvalue weighted by atomic mass is 35.5. The Balaban J connectivity index is 1.66. The molecule has 0 aliphatic carbocycles. The summed E-state index contributed by atoms with van der Waals surface area (Å²) in [5, 5.41) is 21.3. The molecule has 0 unspecified atom stereocenters. The molecular weight excluding hydrogens is 361 g/mol. The van der Waals surface area contributed by atoms with Crippen molar-refractivity contribution >= 4 is 40.1 Å². The second-order valence-electron chi connectivity index (χ2n) is 6.10. The van der Waals surface area contributed by atoms with Crippen molar-refractivity contribution in [2.45, 2.75) is 32.1 Å². The van der Waals surface area contributed by atoms with Crippen molar-refractivity contribution in [2.24, 2.45) is 0 Å². The van der Waals surface area contributed by atoms with E-state index < -0.39 is 12.2 Å². The quantitative estimate of drug-likeness (QED) is 0.537. The van der Waals surface area contributed by atoms with Crippen LogP contribution in [-0.4, -0.2) is 55.2 Å². The van der Waals surface area contributed by atoms with Gasteiger partial charge in [-0.05, 0) is 19.9 Å². The van der Waals surface area contributed by atoms with Crippen LogP contribution in [0.2, 0.25) is 5.15 Å². The highest BCUT2D eigenvalue weighted by molar-refractivity contribution is 6.35. The van der Waals surface area contributed by atoms with Gasteiger partial charge in [-0.2, -0.15) is 20.2 Å². The zero-order valence-corrected chi connectivity index (χ0v) is 14.9. The summed E-state index contributed by atoms with van der Waals surface area (Å²) < 4.78 is 16.0. The number of hydrogen-bond acceptors (Lipinski definition) is 7. The number of aromatic nitrogens is 6. The molecule has 26 heavy (non-hydrogen) atoms. The fourth-order valence-electron chi connectivity index (χ4n) is 2.92. The lowest BCUT2D eigenvalue weighted by atomic mass is 10.1. The highest BCUT2D eigenvalue weighted by Crippen LogP contribution is 2.29. The van der Waals surface area contributed by atoms with E-state index >= 15 is 0 Å². The van der Waals surface area contributed by atoms with E-state index in [4.69, 9.17) is 11.6 Å². The minimum absolute atomic E-state index is 0.312. The molecule has 1 aliphatic heterocycles. The molecule has 1 saturated heterocycles. The third kappa shape index (κ3) is 3.29. The van der Waals surface area contributed by atoms with Gasteiger partial charge in [-0.15, -0.1) is 0 Å². The number of aromatic amines is 1. The molecule has 0 amide bonds. The van der Waals surface area contributed by atoms with Crippen LogP contribution in [0.1, 0.15) is 13.3 Å². The van der Waals surface area contributed by atoms with Crippen molar-refractivity contribution < 1.29 is 4.39 Å². The lowest BCUT2D eigenvalue weighted by Gasteiger charge is -2.28. The summed E-state index contributed by atoms with van der Waals surface area (Å²) >= 11 is 6.19. The molecule has 0 spiro atoms. The number of alkyl halides is 1. The van der Waals surface area contributed by atoms with Crippen molar-refractivity contribution in [1.29, 1.82) is 0 Å². The summed E-state index contributed by atoms with van der Waals surface area (Å²) in [6.45, 7) is 3.93. The van der Waals surface area contributed by atoms with Gasteiger partial charge in [0.2, 0.25) is 5.95 Å².